The van der Waals surface area contributed by atoms with E-state index in [2.05, 4.69) is 41.8 Å². The van der Waals surface area contributed by atoms with Crippen molar-refractivity contribution in [2.24, 2.45) is 0 Å². The molecular weight excluding hydrogens is 425 g/mol. The number of carboxylic acid groups (broad SMARTS) is 1. The van der Waals surface area contributed by atoms with Crippen molar-refractivity contribution >= 4 is 11.9 Å². The summed E-state index contributed by atoms with van der Waals surface area (Å²) in [4.78, 5) is 25.7. The summed E-state index contributed by atoms with van der Waals surface area (Å²) in [7, 11) is 0. The van der Waals surface area contributed by atoms with Gasteiger partial charge in [-0.05, 0) is 45.1 Å². The lowest BCUT2D eigenvalue weighted by Gasteiger charge is -2.41. The highest BCUT2D eigenvalue weighted by atomic mass is 19.4. The topological polar surface area (TPSA) is 70.1 Å². The molecular formula is C23H31F3N2O4. The third kappa shape index (κ3) is 6.22. The zero-order valence-electron chi connectivity index (χ0n) is 18.6. The van der Waals surface area contributed by atoms with Crippen molar-refractivity contribution in [2.75, 3.05) is 26.2 Å². The summed E-state index contributed by atoms with van der Waals surface area (Å²) in [6.07, 6.45) is -0.200. The number of aliphatic carboxylic acids is 1. The van der Waals surface area contributed by atoms with E-state index in [-0.39, 0.29) is 5.60 Å². The Labute approximate surface area is 186 Å². The second kappa shape index (κ2) is 9.79. The molecule has 1 aromatic carbocycles. The fourth-order valence-electron chi connectivity index (χ4n) is 5.09. The van der Waals surface area contributed by atoms with E-state index in [1.807, 2.05) is 0 Å². The van der Waals surface area contributed by atoms with Gasteiger partial charge in [0.1, 0.15) is 0 Å². The molecule has 3 saturated heterocycles. The number of aryl methyl sites for hydroxylation is 2. The molecule has 0 aliphatic carbocycles. The van der Waals surface area contributed by atoms with E-state index in [9.17, 15) is 18.0 Å². The van der Waals surface area contributed by atoms with Crippen molar-refractivity contribution in [2.45, 2.75) is 70.3 Å². The molecule has 0 radical (unpaired) electrons. The largest absolute Gasteiger partial charge is 0.490 e. The van der Waals surface area contributed by atoms with Crippen LogP contribution in [0.1, 0.15) is 48.8 Å². The Bertz CT molecular complexity index is 825. The molecule has 1 N–H and O–H groups in total. The van der Waals surface area contributed by atoms with Crippen LogP contribution in [0.5, 0.6) is 0 Å². The summed E-state index contributed by atoms with van der Waals surface area (Å²) in [5.74, 6) is -2.40. The lowest BCUT2D eigenvalue weighted by atomic mass is 9.89. The Morgan fingerprint density at radius 2 is 1.88 bits per heavy atom. The Hall–Kier alpha value is -2.13. The molecule has 3 heterocycles. The molecule has 3 aliphatic rings. The third-order valence-corrected chi connectivity index (χ3v) is 6.34. The molecule has 0 unspecified atom stereocenters. The molecule has 1 aromatic rings. The summed E-state index contributed by atoms with van der Waals surface area (Å²) in [5, 5.41) is 7.12. The van der Waals surface area contributed by atoms with Gasteiger partial charge >= 0.3 is 12.1 Å². The number of benzene rings is 1. The zero-order chi connectivity index (χ0) is 23.5. The first-order valence-corrected chi connectivity index (χ1v) is 11.0. The molecule has 0 aromatic heterocycles. The van der Waals surface area contributed by atoms with Crippen LogP contribution >= 0.6 is 0 Å². The van der Waals surface area contributed by atoms with Gasteiger partial charge in [-0.3, -0.25) is 9.69 Å². The fourth-order valence-corrected chi connectivity index (χ4v) is 5.09. The lowest BCUT2D eigenvalue weighted by molar-refractivity contribution is -0.192. The van der Waals surface area contributed by atoms with E-state index in [0.29, 0.717) is 11.9 Å². The van der Waals surface area contributed by atoms with E-state index in [0.717, 1.165) is 64.9 Å². The molecule has 0 bridgehead atoms. The van der Waals surface area contributed by atoms with Gasteiger partial charge in [-0.2, -0.15) is 13.2 Å². The van der Waals surface area contributed by atoms with E-state index in [4.69, 9.17) is 14.6 Å². The average molecular weight is 457 g/mol. The number of carboxylic acids is 1. The summed E-state index contributed by atoms with van der Waals surface area (Å²) in [5.41, 5.74) is 4.04. The third-order valence-electron chi connectivity index (χ3n) is 6.34. The van der Waals surface area contributed by atoms with Crippen molar-refractivity contribution in [3.8, 4) is 0 Å². The first-order chi connectivity index (χ1) is 15.0. The van der Waals surface area contributed by atoms with Crippen LogP contribution in [0.2, 0.25) is 0 Å². The Morgan fingerprint density at radius 1 is 1.22 bits per heavy atom. The highest BCUT2D eigenvalue weighted by molar-refractivity contribution is 5.78. The van der Waals surface area contributed by atoms with Crippen molar-refractivity contribution in [3.63, 3.8) is 0 Å². The number of amides is 1. The maximum absolute atomic E-state index is 12.1. The predicted octanol–water partition coefficient (Wildman–Crippen LogP) is 3.68. The molecule has 1 spiro atoms. The molecule has 4 rings (SSSR count). The molecule has 9 heteroatoms. The molecule has 2 atom stereocenters. The first kappa shape index (κ1) is 24.5. The van der Waals surface area contributed by atoms with Crippen molar-refractivity contribution in [3.05, 3.63) is 34.9 Å². The Morgan fingerprint density at radius 3 is 2.44 bits per heavy atom. The maximum Gasteiger partial charge on any atom is 0.490 e. The molecule has 0 saturated carbocycles. The highest BCUT2D eigenvalue weighted by Gasteiger charge is 2.45. The van der Waals surface area contributed by atoms with E-state index >= 15 is 0 Å². The van der Waals surface area contributed by atoms with Crippen LogP contribution in [0.25, 0.3) is 0 Å². The predicted molar refractivity (Wildman–Crippen MR) is 112 cm³/mol. The number of carbonyl (C=O) groups is 2. The van der Waals surface area contributed by atoms with Crippen LogP contribution in [0.4, 0.5) is 13.2 Å². The molecule has 3 aliphatic heterocycles. The van der Waals surface area contributed by atoms with Gasteiger partial charge in [0.05, 0.1) is 5.60 Å². The van der Waals surface area contributed by atoms with Gasteiger partial charge in [-0.1, -0.05) is 29.3 Å². The minimum Gasteiger partial charge on any atom is -0.475 e. The van der Waals surface area contributed by atoms with Crippen molar-refractivity contribution in [1.29, 1.82) is 0 Å². The van der Waals surface area contributed by atoms with Crippen molar-refractivity contribution < 1.29 is 32.6 Å². The number of alkyl halides is 3. The first-order valence-electron chi connectivity index (χ1n) is 11.0. The maximum atomic E-state index is 12.1. The number of rotatable bonds is 3. The van der Waals surface area contributed by atoms with Crippen LogP contribution < -0.4 is 0 Å². The highest BCUT2D eigenvalue weighted by Crippen LogP contribution is 2.37. The quantitative estimate of drug-likeness (QED) is 0.752. The minimum atomic E-state index is -5.08. The van der Waals surface area contributed by atoms with Gasteiger partial charge in [0.25, 0.3) is 0 Å². The van der Waals surface area contributed by atoms with Gasteiger partial charge in [-0.25, -0.2) is 4.79 Å². The zero-order valence-corrected chi connectivity index (χ0v) is 18.6. The molecule has 178 valence electrons. The summed E-state index contributed by atoms with van der Waals surface area (Å²) in [6, 6.07) is 7.22. The fraction of sp³-hybridized carbons (Fsp3) is 0.652. The number of ether oxygens (including phenoxy) is 1. The van der Waals surface area contributed by atoms with Gasteiger partial charge in [0.2, 0.25) is 5.91 Å². The number of likely N-dealkylation sites (tertiary alicyclic amines) is 2. The summed E-state index contributed by atoms with van der Waals surface area (Å²) in [6.45, 7) is 9.18. The summed E-state index contributed by atoms with van der Waals surface area (Å²) < 4.78 is 38.0. The lowest BCUT2D eigenvalue weighted by Crippen LogP contribution is -2.50. The average Bonchev–Trinajstić information content (AvgIpc) is 3.27. The van der Waals surface area contributed by atoms with Crippen molar-refractivity contribution in [1.82, 2.24) is 9.80 Å². The SMILES string of the molecule is Cc1cc(C)cc(CN2CC[C@@]3(C[C@H](N4CCCC4=O)CCO3)C2)c1.O=C(O)C(F)(F)F. The molecule has 32 heavy (non-hydrogen) atoms. The molecule has 1 amide bonds. The van der Waals surface area contributed by atoms with Crippen LogP contribution in [-0.4, -0.2) is 70.8 Å². The van der Waals surface area contributed by atoms with Crippen LogP contribution in [0.15, 0.2) is 18.2 Å². The van der Waals surface area contributed by atoms with Crippen LogP contribution in [-0.2, 0) is 20.9 Å². The standard InChI is InChI=1S/C21H30N2O2.C2HF3O2/c1-16-10-17(2)12-18(11-16)14-22-8-6-21(15-22)13-19(5-9-25-21)23-7-3-4-20(23)24;3-2(4,5)1(6)7/h10-12,19H,3-9,13-15H2,1-2H3;(H,6,7)/t19-,21-;/m1./s1. The van der Waals surface area contributed by atoms with E-state index < -0.39 is 12.1 Å². The normalized spacial score (nSPS) is 26.3. The molecule has 3 fully saturated rings. The van der Waals surface area contributed by atoms with E-state index in [1.54, 1.807) is 0 Å². The van der Waals surface area contributed by atoms with Gasteiger partial charge in [-0.15, -0.1) is 0 Å². The monoisotopic (exact) mass is 456 g/mol. The number of hydrogen-bond donors (Lipinski definition) is 1. The number of hydrogen-bond acceptors (Lipinski definition) is 4. The molecule has 6 nitrogen and oxygen atoms in total. The van der Waals surface area contributed by atoms with Gasteiger partial charge < -0.3 is 14.7 Å². The van der Waals surface area contributed by atoms with Gasteiger partial charge in [0, 0.05) is 45.2 Å². The van der Waals surface area contributed by atoms with Crippen LogP contribution in [0, 0.1) is 13.8 Å². The number of halogens is 3. The summed E-state index contributed by atoms with van der Waals surface area (Å²) >= 11 is 0. The Balaban J connectivity index is 0.000000360. The second-order valence-corrected chi connectivity index (χ2v) is 9.13. The van der Waals surface area contributed by atoms with E-state index in [1.165, 1.54) is 16.7 Å². The minimum absolute atomic E-state index is 0.0370. The number of nitrogens with zero attached hydrogens (tertiary/aromatic N) is 2. The van der Waals surface area contributed by atoms with Gasteiger partial charge in [0.15, 0.2) is 0 Å². The number of carbonyl (C=O) groups excluding carboxylic acids is 1. The second-order valence-electron chi connectivity index (χ2n) is 9.13. The van der Waals surface area contributed by atoms with Crippen LogP contribution in [0.3, 0.4) is 0 Å². The smallest absolute Gasteiger partial charge is 0.475 e. The Kier molecular flexibility index (Phi) is 7.50.